The van der Waals surface area contributed by atoms with Crippen LogP contribution in [0.3, 0.4) is 0 Å². The third-order valence-electron chi connectivity index (χ3n) is 2.62. The largest absolute Gasteiger partial charge is 0.492 e. The highest BCUT2D eigenvalue weighted by atomic mass is 35.5. The fourth-order valence-corrected chi connectivity index (χ4v) is 1.34. The van der Waals surface area contributed by atoms with Crippen molar-refractivity contribution in [3.63, 3.8) is 0 Å². The summed E-state index contributed by atoms with van der Waals surface area (Å²) in [6.07, 6.45) is -3.04. The molecule has 0 aromatic heterocycles. The molecule has 0 spiro atoms. The third kappa shape index (κ3) is 3.74. The maximum atomic E-state index is 13.0. The second kappa shape index (κ2) is 4.93. The summed E-state index contributed by atoms with van der Waals surface area (Å²) < 4.78 is 55.2. The van der Waals surface area contributed by atoms with E-state index >= 15 is 0 Å². The molecular formula is C11H12ClF4NO. The molecule has 0 amide bonds. The van der Waals surface area contributed by atoms with Gasteiger partial charge in [0.2, 0.25) is 0 Å². The Bertz CT molecular complexity index is 432. The lowest BCUT2D eigenvalue weighted by molar-refractivity contribution is -0.137. The van der Waals surface area contributed by atoms with Crippen molar-refractivity contribution in [3.8, 4) is 5.75 Å². The van der Waals surface area contributed by atoms with E-state index in [4.69, 9.17) is 10.5 Å². The number of alkyl halides is 3. The van der Waals surface area contributed by atoms with E-state index in [0.717, 1.165) is 25.0 Å². The van der Waals surface area contributed by atoms with E-state index in [0.29, 0.717) is 6.07 Å². The fourth-order valence-electron chi connectivity index (χ4n) is 1.34. The summed E-state index contributed by atoms with van der Waals surface area (Å²) in [6.45, 7) is 0.105. The second-order valence-electron chi connectivity index (χ2n) is 4.32. The monoisotopic (exact) mass is 285 g/mol. The molecule has 2 rings (SSSR count). The zero-order valence-corrected chi connectivity index (χ0v) is 10.1. The van der Waals surface area contributed by atoms with Gasteiger partial charge in [0.05, 0.1) is 11.1 Å². The van der Waals surface area contributed by atoms with E-state index in [-0.39, 0.29) is 24.8 Å². The van der Waals surface area contributed by atoms with Crippen LogP contribution in [0.15, 0.2) is 18.2 Å². The normalized spacial score (nSPS) is 16.9. The van der Waals surface area contributed by atoms with Gasteiger partial charge in [-0.3, -0.25) is 0 Å². The van der Waals surface area contributed by atoms with Crippen molar-refractivity contribution in [1.29, 1.82) is 0 Å². The van der Waals surface area contributed by atoms with Gasteiger partial charge >= 0.3 is 6.18 Å². The van der Waals surface area contributed by atoms with Gasteiger partial charge < -0.3 is 10.5 Å². The van der Waals surface area contributed by atoms with Gasteiger partial charge in [0.25, 0.3) is 0 Å². The van der Waals surface area contributed by atoms with Crippen molar-refractivity contribution in [1.82, 2.24) is 0 Å². The Kier molecular flexibility index (Phi) is 4.12. The van der Waals surface area contributed by atoms with E-state index in [1.807, 2.05) is 0 Å². The number of hydrogen-bond acceptors (Lipinski definition) is 2. The lowest BCUT2D eigenvalue weighted by Crippen LogP contribution is -2.29. The lowest BCUT2D eigenvalue weighted by Gasteiger charge is -2.13. The smallest absolute Gasteiger partial charge is 0.416 e. The topological polar surface area (TPSA) is 35.2 Å². The van der Waals surface area contributed by atoms with Crippen LogP contribution in [0.2, 0.25) is 0 Å². The Hall–Kier alpha value is -1.01. The van der Waals surface area contributed by atoms with Gasteiger partial charge in [-0.1, -0.05) is 0 Å². The van der Waals surface area contributed by atoms with E-state index in [2.05, 4.69) is 0 Å². The summed E-state index contributed by atoms with van der Waals surface area (Å²) in [5, 5.41) is 0. The minimum absolute atomic E-state index is 0. The van der Waals surface area contributed by atoms with Crippen LogP contribution in [0.4, 0.5) is 17.6 Å². The summed E-state index contributed by atoms with van der Waals surface area (Å²) in [5.74, 6) is -1.12. The van der Waals surface area contributed by atoms with Crippen LogP contribution in [0.25, 0.3) is 0 Å². The van der Waals surface area contributed by atoms with Crippen LogP contribution >= 0.6 is 12.4 Å². The number of rotatable bonds is 3. The molecule has 0 unspecified atom stereocenters. The quantitative estimate of drug-likeness (QED) is 0.866. The van der Waals surface area contributed by atoms with Gasteiger partial charge in [-0.2, -0.15) is 13.2 Å². The zero-order valence-electron chi connectivity index (χ0n) is 9.26. The minimum Gasteiger partial charge on any atom is -0.492 e. The molecular weight excluding hydrogens is 274 g/mol. The van der Waals surface area contributed by atoms with Crippen molar-refractivity contribution in [3.05, 3.63) is 29.6 Å². The summed E-state index contributed by atoms with van der Waals surface area (Å²) >= 11 is 0. The Morgan fingerprint density at radius 2 is 1.83 bits per heavy atom. The zero-order chi connectivity index (χ0) is 12.7. The highest BCUT2D eigenvalue weighted by Crippen LogP contribution is 2.35. The molecule has 1 fully saturated rings. The van der Waals surface area contributed by atoms with Crippen LogP contribution in [0, 0.1) is 5.82 Å². The molecule has 0 heterocycles. The van der Waals surface area contributed by atoms with Gasteiger partial charge in [0.1, 0.15) is 18.2 Å². The van der Waals surface area contributed by atoms with Crippen molar-refractivity contribution in [2.24, 2.45) is 5.73 Å². The first-order chi connectivity index (χ1) is 7.78. The standard InChI is InChI=1S/C11H11F4NO.ClH/c12-8-3-7(11(13,14)15)4-9(5-8)17-6-10(16)1-2-10;/h3-5H,1-2,6,16H2;1H. The van der Waals surface area contributed by atoms with Gasteiger partial charge in [0, 0.05) is 6.07 Å². The Morgan fingerprint density at radius 3 is 2.33 bits per heavy atom. The van der Waals surface area contributed by atoms with Gasteiger partial charge in [-0.05, 0) is 25.0 Å². The molecule has 1 aliphatic carbocycles. The SMILES string of the molecule is Cl.NC1(COc2cc(F)cc(C(F)(F)F)c2)CC1. The van der Waals surface area contributed by atoms with E-state index in [9.17, 15) is 17.6 Å². The molecule has 1 aromatic rings. The molecule has 0 bridgehead atoms. The molecule has 7 heteroatoms. The maximum Gasteiger partial charge on any atom is 0.416 e. The maximum absolute atomic E-state index is 13.0. The first-order valence-electron chi connectivity index (χ1n) is 5.08. The summed E-state index contributed by atoms with van der Waals surface area (Å²) in [7, 11) is 0. The Morgan fingerprint density at radius 1 is 1.22 bits per heavy atom. The molecule has 1 aliphatic rings. The number of halogens is 5. The second-order valence-corrected chi connectivity index (χ2v) is 4.32. The predicted octanol–water partition coefficient (Wildman–Crippen LogP) is 3.14. The van der Waals surface area contributed by atoms with Crippen LogP contribution < -0.4 is 10.5 Å². The van der Waals surface area contributed by atoms with Gasteiger partial charge in [-0.25, -0.2) is 4.39 Å². The van der Waals surface area contributed by atoms with E-state index < -0.39 is 23.1 Å². The highest BCUT2D eigenvalue weighted by Gasteiger charge is 2.39. The average Bonchev–Trinajstić information content (AvgIpc) is 2.92. The minimum atomic E-state index is -4.58. The molecule has 2 nitrogen and oxygen atoms in total. The molecule has 1 aromatic carbocycles. The van der Waals surface area contributed by atoms with Crippen molar-refractivity contribution < 1.29 is 22.3 Å². The first-order valence-corrected chi connectivity index (χ1v) is 5.08. The molecule has 0 aliphatic heterocycles. The Balaban J connectivity index is 0.00000162. The highest BCUT2D eigenvalue weighted by molar-refractivity contribution is 5.85. The van der Waals surface area contributed by atoms with Crippen LogP contribution in [0.1, 0.15) is 18.4 Å². The lowest BCUT2D eigenvalue weighted by atomic mass is 10.2. The molecule has 1 saturated carbocycles. The van der Waals surface area contributed by atoms with Crippen LogP contribution in [0.5, 0.6) is 5.75 Å². The van der Waals surface area contributed by atoms with E-state index in [1.165, 1.54) is 0 Å². The number of hydrogen-bond donors (Lipinski definition) is 1. The molecule has 0 radical (unpaired) electrons. The predicted molar refractivity (Wildman–Crippen MR) is 60.3 cm³/mol. The first kappa shape index (κ1) is 15.0. The Labute approximate surface area is 108 Å². The number of nitrogens with two attached hydrogens (primary N) is 1. The van der Waals surface area contributed by atoms with Crippen LogP contribution in [-0.4, -0.2) is 12.1 Å². The fraction of sp³-hybridized carbons (Fsp3) is 0.455. The van der Waals surface area contributed by atoms with Crippen LogP contribution in [-0.2, 0) is 6.18 Å². The number of benzene rings is 1. The summed E-state index contributed by atoms with van der Waals surface area (Å²) in [5.41, 5.74) is 4.20. The van der Waals surface area contributed by atoms with Crippen molar-refractivity contribution >= 4 is 12.4 Å². The average molecular weight is 286 g/mol. The van der Waals surface area contributed by atoms with Gasteiger partial charge in [-0.15, -0.1) is 12.4 Å². The molecule has 2 N–H and O–H groups in total. The molecule has 0 saturated heterocycles. The molecule has 18 heavy (non-hydrogen) atoms. The van der Waals surface area contributed by atoms with Crippen molar-refractivity contribution in [2.45, 2.75) is 24.6 Å². The van der Waals surface area contributed by atoms with Gasteiger partial charge in [0.15, 0.2) is 0 Å². The van der Waals surface area contributed by atoms with Crippen molar-refractivity contribution in [2.75, 3.05) is 6.61 Å². The molecule has 0 atom stereocenters. The number of ether oxygens (including phenoxy) is 1. The van der Waals surface area contributed by atoms with E-state index in [1.54, 1.807) is 0 Å². The summed E-state index contributed by atoms with van der Waals surface area (Å²) in [6, 6.07) is 2.12. The third-order valence-corrected chi connectivity index (χ3v) is 2.62. The summed E-state index contributed by atoms with van der Waals surface area (Å²) in [4.78, 5) is 0. The molecule has 102 valence electrons.